The van der Waals surface area contributed by atoms with Crippen LogP contribution in [-0.2, 0) is 11.3 Å². The van der Waals surface area contributed by atoms with E-state index in [1.54, 1.807) is 0 Å². The third kappa shape index (κ3) is 5.50. The molecule has 0 aliphatic carbocycles. The Kier molecular flexibility index (Phi) is 6.12. The Morgan fingerprint density at radius 1 is 1.30 bits per heavy atom. The second-order valence-corrected chi connectivity index (χ2v) is 7.03. The van der Waals surface area contributed by atoms with Gasteiger partial charge in [0.2, 0.25) is 0 Å². The summed E-state index contributed by atoms with van der Waals surface area (Å²) in [5, 5.41) is 0.501. The Labute approximate surface area is 156 Å². The van der Waals surface area contributed by atoms with E-state index in [0.29, 0.717) is 42.3 Å². The maximum Gasteiger partial charge on any atom is 0.573 e. The number of rotatable bonds is 6. The van der Waals surface area contributed by atoms with Crippen LogP contribution >= 0.6 is 0 Å². The summed E-state index contributed by atoms with van der Waals surface area (Å²) >= 11 is -2.25. The van der Waals surface area contributed by atoms with Gasteiger partial charge in [-0.2, -0.15) is 0 Å². The summed E-state index contributed by atoms with van der Waals surface area (Å²) in [5.41, 5.74) is 0.541. The van der Waals surface area contributed by atoms with Gasteiger partial charge in [-0.25, -0.2) is 14.7 Å². The van der Waals surface area contributed by atoms with Crippen LogP contribution in [-0.4, -0.2) is 44.7 Å². The van der Waals surface area contributed by atoms with E-state index in [1.807, 2.05) is 4.90 Å². The fourth-order valence-electron chi connectivity index (χ4n) is 3.25. The zero-order chi connectivity index (χ0) is 19.4. The highest BCUT2D eigenvalue weighted by molar-refractivity contribution is 7.77. The molecule has 1 fully saturated rings. The van der Waals surface area contributed by atoms with Crippen LogP contribution < -0.4 is 14.4 Å². The molecular weight excluding hydrogens is 385 g/mol. The number of nitrogens with one attached hydrogen (secondary N) is 1. The fraction of sp³-hybridized carbons (Fsp3) is 0.500. The van der Waals surface area contributed by atoms with Crippen molar-refractivity contribution in [2.24, 2.45) is 5.92 Å². The van der Waals surface area contributed by atoms with E-state index in [2.05, 4.69) is 19.4 Å². The van der Waals surface area contributed by atoms with Crippen LogP contribution in [0.2, 0.25) is 0 Å². The molecule has 1 aliphatic heterocycles. The predicted octanol–water partition coefficient (Wildman–Crippen LogP) is 2.52. The van der Waals surface area contributed by atoms with Crippen molar-refractivity contribution in [1.82, 2.24) is 14.7 Å². The van der Waals surface area contributed by atoms with Crippen LogP contribution in [0, 0.1) is 5.92 Å². The lowest BCUT2D eigenvalue weighted by Crippen LogP contribution is -2.35. The minimum Gasteiger partial charge on any atom is -0.760 e. The second-order valence-electron chi connectivity index (χ2n) is 6.27. The largest absolute Gasteiger partial charge is 0.760 e. The van der Waals surface area contributed by atoms with Crippen molar-refractivity contribution in [3.8, 4) is 5.75 Å². The molecule has 2 heterocycles. The Hall–Kier alpha value is -1.98. The van der Waals surface area contributed by atoms with Gasteiger partial charge in [-0.3, -0.25) is 4.21 Å². The van der Waals surface area contributed by atoms with Gasteiger partial charge in [-0.05, 0) is 43.4 Å². The van der Waals surface area contributed by atoms with Crippen molar-refractivity contribution in [3.63, 3.8) is 0 Å². The summed E-state index contributed by atoms with van der Waals surface area (Å²) in [5.74, 6) is 0.650. The van der Waals surface area contributed by atoms with E-state index in [1.165, 1.54) is 24.5 Å². The number of ether oxygens (including phenoxy) is 1. The van der Waals surface area contributed by atoms with Crippen LogP contribution in [0.1, 0.15) is 19.3 Å². The average molecular weight is 403 g/mol. The predicted molar refractivity (Wildman–Crippen MR) is 92.7 cm³/mol. The Morgan fingerprint density at radius 3 is 2.70 bits per heavy atom. The lowest BCUT2D eigenvalue weighted by atomic mass is 9.93. The lowest BCUT2D eigenvalue weighted by molar-refractivity contribution is -0.274. The smallest absolute Gasteiger partial charge is 0.573 e. The quantitative estimate of drug-likeness (QED) is 0.746. The van der Waals surface area contributed by atoms with Gasteiger partial charge in [0.05, 0.1) is 5.52 Å². The standard InChI is InChI=1S/C16H19F3N4O3S/c17-16(18,19)26-12-1-2-14-13(9-12)15(21-10-20-14)23-7-4-11(5-8-23)3-6-22-27(24)25/h1-2,9-11,22H,3-8H2,(H,24,25)/p-1. The van der Waals surface area contributed by atoms with Gasteiger partial charge in [0, 0.05) is 36.3 Å². The zero-order valence-electron chi connectivity index (χ0n) is 14.2. The van der Waals surface area contributed by atoms with Crippen LogP contribution in [0.15, 0.2) is 24.5 Å². The molecule has 27 heavy (non-hydrogen) atoms. The summed E-state index contributed by atoms with van der Waals surface area (Å²) in [7, 11) is 0. The first-order valence-corrected chi connectivity index (χ1v) is 9.47. The molecule has 0 radical (unpaired) electrons. The van der Waals surface area contributed by atoms with E-state index in [4.69, 9.17) is 0 Å². The molecule has 0 spiro atoms. The summed E-state index contributed by atoms with van der Waals surface area (Å²) in [6, 6.07) is 4.01. The number of fused-ring (bicyclic) bond motifs is 1. The molecule has 1 saturated heterocycles. The number of piperidine rings is 1. The molecule has 1 aromatic carbocycles. The summed E-state index contributed by atoms with van der Waals surface area (Å²) in [6.45, 7) is 1.76. The first-order chi connectivity index (χ1) is 12.8. The molecular formula is C16H18F3N4O3S-. The van der Waals surface area contributed by atoms with E-state index in [9.17, 15) is 21.9 Å². The van der Waals surface area contributed by atoms with Crippen molar-refractivity contribution < 1.29 is 26.7 Å². The molecule has 0 saturated carbocycles. The van der Waals surface area contributed by atoms with Crippen LogP contribution in [0.5, 0.6) is 5.75 Å². The molecule has 11 heteroatoms. The fourth-order valence-corrected chi connectivity index (χ4v) is 3.54. The van der Waals surface area contributed by atoms with Crippen molar-refractivity contribution >= 4 is 28.0 Å². The summed E-state index contributed by atoms with van der Waals surface area (Å²) in [4.78, 5) is 10.4. The minimum atomic E-state index is -4.76. The van der Waals surface area contributed by atoms with Crippen molar-refractivity contribution in [2.45, 2.75) is 25.6 Å². The number of nitrogens with zero attached hydrogens (tertiary/aromatic N) is 3. The van der Waals surface area contributed by atoms with Crippen molar-refractivity contribution in [2.75, 3.05) is 24.5 Å². The lowest BCUT2D eigenvalue weighted by Gasteiger charge is -2.33. The molecule has 0 amide bonds. The summed E-state index contributed by atoms with van der Waals surface area (Å²) in [6.07, 6.45) is -0.935. The Morgan fingerprint density at radius 2 is 2.04 bits per heavy atom. The normalized spacial score (nSPS) is 17.3. The number of hydrogen-bond acceptors (Lipinski definition) is 6. The van der Waals surface area contributed by atoms with E-state index in [0.717, 1.165) is 19.3 Å². The van der Waals surface area contributed by atoms with Gasteiger partial charge >= 0.3 is 6.36 Å². The van der Waals surface area contributed by atoms with Gasteiger partial charge < -0.3 is 14.2 Å². The molecule has 1 aromatic heterocycles. The highest BCUT2D eigenvalue weighted by Gasteiger charge is 2.31. The Bertz CT molecular complexity index is 813. The highest BCUT2D eigenvalue weighted by atomic mass is 32.2. The zero-order valence-corrected chi connectivity index (χ0v) is 15.1. The first kappa shape index (κ1) is 19.8. The molecule has 3 rings (SSSR count). The summed E-state index contributed by atoms with van der Waals surface area (Å²) < 4.78 is 64.8. The number of halogens is 3. The number of alkyl halides is 3. The molecule has 1 N–H and O–H groups in total. The van der Waals surface area contributed by atoms with Gasteiger partial charge in [-0.1, -0.05) is 0 Å². The van der Waals surface area contributed by atoms with Gasteiger partial charge in [-0.15, -0.1) is 13.2 Å². The number of anilines is 1. The molecule has 148 valence electrons. The average Bonchev–Trinajstić information content (AvgIpc) is 2.60. The molecule has 7 nitrogen and oxygen atoms in total. The van der Waals surface area contributed by atoms with Gasteiger partial charge in [0.1, 0.15) is 17.9 Å². The monoisotopic (exact) mass is 403 g/mol. The van der Waals surface area contributed by atoms with E-state index in [-0.39, 0.29) is 5.75 Å². The first-order valence-electron chi connectivity index (χ1n) is 8.40. The maximum atomic E-state index is 12.5. The van der Waals surface area contributed by atoms with Crippen molar-refractivity contribution in [3.05, 3.63) is 24.5 Å². The molecule has 1 unspecified atom stereocenters. The third-order valence-electron chi connectivity index (χ3n) is 4.51. The highest BCUT2D eigenvalue weighted by Crippen LogP contribution is 2.32. The van der Waals surface area contributed by atoms with E-state index < -0.39 is 17.6 Å². The maximum absolute atomic E-state index is 12.5. The number of hydrogen-bond donors (Lipinski definition) is 1. The number of benzene rings is 1. The van der Waals surface area contributed by atoms with Crippen LogP contribution in [0.4, 0.5) is 19.0 Å². The topological polar surface area (TPSA) is 90.4 Å². The molecule has 1 atom stereocenters. The molecule has 1 aliphatic rings. The molecule has 0 bridgehead atoms. The second kappa shape index (κ2) is 8.36. The minimum absolute atomic E-state index is 0.308. The van der Waals surface area contributed by atoms with Crippen LogP contribution in [0.3, 0.4) is 0 Å². The van der Waals surface area contributed by atoms with E-state index >= 15 is 0 Å². The van der Waals surface area contributed by atoms with Gasteiger partial charge in [0.25, 0.3) is 0 Å². The number of aromatic nitrogens is 2. The van der Waals surface area contributed by atoms with Crippen molar-refractivity contribution in [1.29, 1.82) is 0 Å². The van der Waals surface area contributed by atoms with Gasteiger partial charge in [0.15, 0.2) is 0 Å². The SMILES string of the molecule is O=S([O-])NCCC1CCN(c2ncnc3ccc(OC(F)(F)F)cc23)CC1. The molecule has 2 aromatic rings. The third-order valence-corrected chi connectivity index (χ3v) is 4.95. The Balaban J connectivity index is 1.71. The van der Waals surface area contributed by atoms with Crippen LogP contribution in [0.25, 0.3) is 10.9 Å².